The maximum atomic E-state index is 5.63. The zero-order valence-corrected chi connectivity index (χ0v) is 13.5. The Balaban J connectivity index is 2.09. The van der Waals surface area contributed by atoms with E-state index in [4.69, 9.17) is 5.73 Å². The Bertz CT molecular complexity index is 398. The Labute approximate surface area is 125 Å². The Morgan fingerprint density at radius 3 is 2.47 bits per heavy atom. The van der Waals surface area contributed by atoms with E-state index in [0.717, 1.165) is 6.42 Å². The molecule has 1 aliphatic rings. The Morgan fingerprint density at radius 2 is 1.89 bits per heavy atom. The first-order chi connectivity index (χ1) is 9.22. The Morgan fingerprint density at radius 1 is 1.21 bits per heavy atom. The molecule has 0 bridgehead atoms. The van der Waals surface area contributed by atoms with Crippen LogP contribution in [-0.4, -0.2) is 19.6 Å². The van der Waals surface area contributed by atoms with Gasteiger partial charge in [0.25, 0.3) is 0 Å². The van der Waals surface area contributed by atoms with Gasteiger partial charge >= 0.3 is 0 Å². The van der Waals surface area contributed by atoms with E-state index in [0.29, 0.717) is 12.6 Å². The Hall–Kier alpha value is -0.540. The molecule has 0 spiro atoms. The molecule has 0 unspecified atom stereocenters. The van der Waals surface area contributed by atoms with Gasteiger partial charge in [0, 0.05) is 23.2 Å². The lowest BCUT2D eigenvalue weighted by molar-refractivity contribution is 0.553. The fourth-order valence-electron chi connectivity index (χ4n) is 2.97. The fourth-order valence-corrected chi connectivity index (χ4v) is 3.53. The molecule has 0 saturated heterocycles. The molecule has 0 atom stereocenters. The highest BCUT2D eigenvalue weighted by Gasteiger charge is 2.17. The first-order valence-electron chi connectivity index (χ1n) is 7.43. The highest BCUT2D eigenvalue weighted by atomic mass is 79.9. The molecule has 1 fully saturated rings. The molecule has 2 N–H and O–H groups in total. The van der Waals surface area contributed by atoms with Gasteiger partial charge in [-0.1, -0.05) is 47.7 Å². The van der Waals surface area contributed by atoms with Gasteiger partial charge in [-0.15, -0.1) is 0 Å². The van der Waals surface area contributed by atoms with E-state index in [1.54, 1.807) is 0 Å². The third-order valence-electron chi connectivity index (χ3n) is 4.23. The van der Waals surface area contributed by atoms with E-state index in [2.05, 4.69) is 46.1 Å². The van der Waals surface area contributed by atoms with Gasteiger partial charge in [0.05, 0.1) is 0 Å². The fraction of sp³-hybridized carbons (Fsp3) is 0.625. The number of hydrogen-bond acceptors (Lipinski definition) is 2. The lowest BCUT2D eigenvalue weighted by atomic mass is 10.1. The summed E-state index contributed by atoms with van der Waals surface area (Å²) < 4.78 is 1.19. The second kappa shape index (κ2) is 7.30. The van der Waals surface area contributed by atoms with E-state index in [9.17, 15) is 0 Å². The monoisotopic (exact) mass is 324 g/mol. The number of anilines is 1. The van der Waals surface area contributed by atoms with Gasteiger partial charge < -0.3 is 10.6 Å². The summed E-state index contributed by atoms with van der Waals surface area (Å²) in [6.07, 6.45) is 9.17. The molecule has 0 amide bonds. The number of benzene rings is 1. The largest absolute Gasteiger partial charge is 0.372 e. The molecule has 0 radical (unpaired) electrons. The second-order valence-corrected chi connectivity index (χ2v) is 6.43. The van der Waals surface area contributed by atoms with Gasteiger partial charge in [0.1, 0.15) is 0 Å². The predicted octanol–water partition coefficient (Wildman–Crippen LogP) is 4.11. The zero-order chi connectivity index (χ0) is 13.7. The average Bonchev–Trinajstić information content (AvgIpc) is 2.69. The standard InChI is InChI=1S/C16H25BrN2/c1-19(14-6-4-2-3-5-7-14)15-9-8-13(10-11-18)16(17)12-15/h8-9,12,14H,2-7,10-11,18H2,1H3. The SMILES string of the molecule is CN(c1ccc(CCN)c(Br)c1)C1CCCCCC1. The van der Waals surface area contributed by atoms with Crippen LogP contribution < -0.4 is 10.6 Å². The molecule has 19 heavy (non-hydrogen) atoms. The summed E-state index contributed by atoms with van der Waals surface area (Å²) in [7, 11) is 2.24. The van der Waals surface area contributed by atoms with E-state index >= 15 is 0 Å². The maximum absolute atomic E-state index is 5.63. The highest BCUT2D eigenvalue weighted by molar-refractivity contribution is 9.10. The van der Waals surface area contributed by atoms with Crippen molar-refractivity contribution in [3.05, 3.63) is 28.2 Å². The maximum Gasteiger partial charge on any atom is 0.0377 e. The van der Waals surface area contributed by atoms with Crippen molar-refractivity contribution in [1.82, 2.24) is 0 Å². The number of rotatable bonds is 4. The van der Waals surface area contributed by atoms with Crippen molar-refractivity contribution >= 4 is 21.6 Å². The smallest absolute Gasteiger partial charge is 0.0377 e. The zero-order valence-electron chi connectivity index (χ0n) is 11.9. The van der Waals surface area contributed by atoms with E-state index in [1.165, 1.54) is 54.2 Å². The molecule has 1 aliphatic carbocycles. The molecule has 0 aliphatic heterocycles. The van der Waals surface area contributed by atoms with Crippen molar-refractivity contribution in [3.63, 3.8) is 0 Å². The minimum absolute atomic E-state index is 0.703. The van der Waals surface area contributed by atoms with Gasteiger partial charge in [0.2, 0.25) is 0 Å². The van der Waals surface area contributed by atoms with E-state index < -0.39 is 0 Å². The first-order valence-corrected chi connectivity index (χ1v) is 8.23. The normalized spacial score (nSPS) is 17.2. The predicted molar refractivity (Wildman–Crippen MR) is 86.8 cm³/mol. The van der Waals surface area contributed by atoms with Crippen molar-refractivity contribution in [2.75, 3.05) is 18.5 Å². The third-order valence-corrected chi connectivity index (χ3v) is 4.97. The van der Waals surface area contributed by atoms with Gasteiger partial charge in [-0.2, -0.15) is 0 Å². The van der Waals surface area contributed by atoms with Crippen LogP contribution in [-0.2, 0) is 6.42 Å². The van der Waals surface area contributed by atoms with Crippen LogP contribution in [0.2, 0.25) is 0 Å². The molecule has 0 heterocycles. The average molecular weight is 325 g/mol. The van der Waals surface area contributed by atoms with Crippen LogP contribution >= 0.6 is 15.9 Å². The molecule has 3 heteroatoms. The molecule has 2 nitrogen and oxygen atoms in total. The summed E-state index contributed by atoms with van der Waals surface area (Å²) in [4.78, 5) is 2.46. The van der Waals surface area contributed by atoms with Crippen molar-refractivity contribution in [2.45, 2.75) is 51.0 Å². The summed E-state index contributed by atoms with van der Waals surface area (Å²) in [6, 6.07) is 7.39. The molecule has 1 aromatic rings. The van der Waals surface area contributed by atoms with E-state index in [1.807, 2.05) is 0 Å². The van der Waals surface area contributed by atoms with Gasteiger partial charge in [-0.3, -0.25) is 0 Å². The van der Waals surface area contributed by atoms with Crippen LogP contribution in [0.4, 0.5) is 5.69 Å². The molecule has 1 aromatic carbocycles. The minimum Gasteiger partial charge on any atom is -0.372 e. The van der Waals surface area contributed by atoms with Crippen molar-refractivity contribution in [3.8, 4) is 0 Å². The Kier molecular flexibility index (Phi) is 5.71. The van der Waals surface area contributed by atoms with Gasteiger partial charge in [-0.05, 0) is 43.5 Å². The van der Waals surface area contributed by atoms with Crippen LogP contribution in [0, 0.1) is 0 Å². The van der Waals surface area contributed by atoms with Crippen molar-refractivity contribution in [1.29, 1.82) is 0 Å². The summed E-state index contributed by atoms with van der Waals surface area (Å²) >= 11 is 3.67. The summed E-state index contributed by atoms with van der Waals surface area (Å²) in [5.41, 5.74) is 8.26. The quantitative estimate of drug-likeness (QED) is 0.844. The molecule has 106 valence electrons. The third kappa shape index (κ3) is 3.96. The lowest BCUT2D eigenvalue weighted by Crippen LogP contribution is -2.31. The highest BCUT2D eigenvalue weighted by Crippen LogP contribution is 2.29. The minimum atomic E-state index is 0.703. The molecule has 0 aromatic heterocycles. The number of nitrogens with zero attached hydrogens (tertiary/aromatic N) is 1. The number of nitrogens with two attached hydrogens (primary N) is 1. The van der Waals surface area contributed by atoms with E-state index in [-0.39, 0.29) is 0 Å². The van der Waals surface area contributed by atoms with Crippen LogP contribution in [0.1, 0.15) is 44.1 Å². The molecule has 2 rings (SSSR count). The lowest BCUT2D eigenvalue weighted by Gasteiger charge is -2.29. The molecular weight excluding hydrogens is 300 g/mol. The number of hydrogen-bond donors (Lipinski definition) is 1. The summed E-state index contributed by atoms with van der Waals surface area (Å²) in [5, 5.41) is 0. The van der Waals surface area contributed by atoms with Crippen LogP contribution in [0.15, 0.2) is 22.7 Å². The number of halogens is 1. The molecular formula is C16H25BrN2. The van der Waals surface area contributed by atoms with Gasteiger partial charge in [-0.25, -0.2) is 0 Å². The topological polar surface area (TPSA) is 29.3 Å². The van der Waals surface area contributed by atoms with Crippen molar-refractivity contribution in [2.24, 2.45) is 5.73 Å². The second-order valence-electron chi connectivity index (χ2n) is 5.57. The summed E-state index contributed by atoms with van der Waals surface area (Å²) in [6.45, 7) is 0.705. The summed E-state index contributed by atoms with van der Waals surface area (Å²) in [5.74, 6) is 0. The van der Waals surface area contributed by atoms with Crippen LogP contribution in [0.25, 0.3) is 0 Å². The van der Waals surface area contributed by atoms with Crippen molar-refractivity contribution < 1.29 is 0 Å². The van der Waals surface area contributed by atoms with Gasteiger partial charge in [0.15, 0.2) is 0 Å². The first kappa shape index (κ1) is 14.9. The van der Waals surface area contributed by atoms with Crippen LogP contribution in [0.3, 0.4) is 0 Å². The molecule has 1 saturated carbocycles. The van der Waals surface area contributed by atoms with Crippen LogP contribution in [0.5, 0.6) is 0 Å².